The predicted molar refractivity (Wildman–Crippen MR) is 71.2 cm³/mol. The molecule has 0 amide bonds. The summed E-state index contributed by atoms with van der Waals surface area (Å²) in [5, 5.41) is 8.13. The van der Waals surface area contributed by atoms with Gasteiger partial charge in [-0.25, -0.2) is 13.8 Å². The van der Waals surface area contributed by atoms with Crippen molar-refractivity contribution in [1.82, 2.24) is 20.2 Å². The molecule has 0 aliphatic rings. The Bertz CT molecular complexity index is 756. The third kappa shape index (κ3) is 2.03. The number of aromatic amines is 1. The van der Waals surface area contributed by atoms with Crippen LogP contribution in [0.5, 0.6) is 0 Å². The molecule has 0 aliphatic heterocycles. The lowest BCUT2D eigenvalue weighted by Gasteiger charge is -2.03. The molecular formula is C14H12F2N4. The van der Waals surface area contributed by atoms with E-state index in [4.69, 9.17) is 0 Å². The molecule has 3 aromatic rings. The van der Waals surface area contributed by atoms with Gasteiger partial charge in [0.25, 0.3) is 0 Å². The monoisotopic (exact) mass is 274 g/mol. The molecule has 6 heteroatoms. The Morgan fingerprint density at radius 1 is 1.10 bits per heavy atom. The van der Waals surface area contributed by atoms with Gasteiger partial charge in [-0.2, -0.15) is 10.2 Å². The Labute approximate surface area is 113 Å². The number of fused-ring (bicyclic) bond motifs is 1. The molecule has 0 aliphatic carbocycles. The molecule has 0 spiro atoms. The van der Waals surface area contributed by atoms with Crippen LogP contribution in [0.2, 0.25) is 0 Å². The summed E-state index contributed by atoms with van der Waals surface area (Å²) in [5.74, 6) is -1.26. The van der Waals surface area contributed by atoms with Gasteiger partial charge < -0.3 is 4.98 Å². The first kappa shape index (κ1) is 12.7. The Hall–Kier alpha value is -2.37. The summed E-state index contributed by atoms with van der Waals surface area (Å²) in [7, 11) is 0. The summed E-state index contributed by atoms with van der Waals surface area (Å²) in [5.41, 5.74) is 3.19. The second kappa shape index (κ2) is 4.63. The van der Waals surface area contributed by atoms with Gasteiger partial charge in [-0.3, -0.25) is 0 Å². The van der Waals surface area contributed by atoms with E-state index in [9.17, 15) is 8.78 Å². The Kier molecular flexibility index (Phi) is 2.93. The molecule has 0 bridgehead atoms. The van der Waals surface area contributed by atoms with E-state index in [-0.39, 0.29) is 0 Å². The summed E-state index contributed by atoms with van der Waals surface area (Å²) in [6.45, 7) is 3.79. The van der Waals surface area contributed by atoms with Crippen molar-refractivity contribution in [2.24, 2.45) is 0 Å². The average molecular weight is 274 g/mol. The predicted octanol–water partition coefficient (Wildman–Crippen LogP) is 3.17. The fraction of sp³-hybridized carbons (Fsp3) is 0.214. The van der Waals surface area contributed by atoms with Gasteiger partial charge >= 0.3 is 0 Å². The van der Waals surface area contributed by atoms with Crippen molar-refractivity contribution in [3.8, 4) is 11.4 Å². The van der Waals surface area contributed by atoms with Crippen molar-refractivity contribution in [3.63, 3.8) is 0 Å². The number of rotatable bonds is 2. The van der Waals surface area contributed by atoms with Gasteiger partial charge in [0.15, 0.2) is 11.6 Å². The molecule has 3 rings (SSSR count). The van der Waals surface area contributed by atoms with E-state index in [1.807, 2.05) is 19.9 Å². The van der Waals surface area contributed by atoms with Gasteiger partial charge in [-0.15, -0.1) is 0 Å². The molecule has 0 saturated heterocycles. The topological polar surface area (TPSA) is 54.5 Å². The first-order valence-electron chi connectivity index (χ1n) is 6.27. The van der Waals surface area contributed by atoms with Crippen LogP contribution in [-0.4, -0.2) is 20.2 Å². The van der Waals surface area contributed by atoms with Crippen molar-refractivity contribution >= 4 is 11.0 Å². The third-order valence-electron chi connectivity index (χ3n) is 3.11. The van der Waals surface area contributed by atoms with Gasteiger partial charge in [0.05, 0.1) is 22.4 Å². The molecular weight excluding hydrogens is 262 g/mol. The maximum Gasteiger partial charge on any atom is 0.161 e. The number of benzene rings is 1. The van der Waals surface area contributed by atoms with Crippen LogP contribution in [0.1, 0.15) is 18.3 Å². The van der Waals surface area contributed by atoms with E-state index in [0.29, 0.717) is 23.3 Å². The summed E-state index contributed by atoms with van der Waals surface area (Å²) in [4.78, 5) is 7.30. The Morgan fingerprint density at radius 3 is 2.60 bits per heavy atom. The summed E-state index contributed by atoms with van der Waals surface area (Å²) >= 11 is 0. The molecule has 0 fully saturated rings. The molecule has 0 atom stereocenters. The number of nitrogens with zero attached hydrogens (tertiary/aromatic N) is 3. The number of halogens is 2. The zero-order valence-electron chi connectivity index (χ0n) is 11.0. The van der Waals surface area contributed by atoms with Crippen molar-refractivity contribution in [2.45, 2.75) is 20.3 Å². The van der Waals surface area contributed by atoms with E-state index >= 15 is 0 Å². The smallest absolute Gasteiger partial charge is 0.161 e. The largest absolute Gasteiger partial charge is 0.338 e. The highest BCUT2D eigenvalue weighted by molar-refractivity contribution is 5.79. The van der Waals surface area contributed by atoms with Gasteiger partial charge in [-0.05, 0) is 19.4 Å². The molecule has 1 aromatic carbocycles. The van der Waals surface area contributed by atoms with Gasteiger partial charge in [0.2, 0.25) is 0 Å². The van der Waals surface area contributed by atoms with E-state index < -0.39 is 11.6 Å². The molecule has 4 nitrogen and oxygen atoms in total. The average Bonchev–Trinajstić information content (AvgIpc) is 2.82. The van der Waals surface area contributed by atoms with Crippen molar-refractivity contribution in [1.29, 1.82) is 0 Å². The molecule has 2 heterocycles. The first-order valence-corrected chi connectivity index (χ1v) is 6.27. The Balaban J connectivity index is 2.22. The minimum Gasteiger partial charge on any atom is -0.338 e. The molecule has 0 unspecified atom stereocenters. The van der Waals surface area contributed by atoms with Crippen molar-refractivity contribution < 1.29 is 8.78 Å². The highest BCUT2D eigenvalue weighted by Crippen LogP contribution is 2.24. The lowest BCUT2D eigenvalue weighted by atomic mass is 10.1. The number of H-pyrrole nitrogens is 1. The van der Waals surface area contributed by atoms with Crippen LogP contribution in [0.4, 0.5) is 8.78 Å². The maximum absolute atomic E-state index is 13.2. The molecule has 102 valence electrons. The van der Waals surface area contributed by atoms with Gasteiger partial charge in [-0.1, -0.05) is 6.92 Å². The van der Waals surface area contributed by atoms with Crippen LogP contribution < -0.4 is 0 Å². The third-order valence-corrected chi connectivity index (χ3v) is 3.11. The maximum atomic E-state index is 13.2. The number of aryl methyl sites for hydroxylation is 2. The lowest BCUT2D eigenvalue weighted by molar-refractivity contribution is 0.510. The number of hydrogen-bond donors (Lipinski definition) is 1. The summed E-state index contributed by atoms with van der Waals surface area (Å²) < 4.78 is 26.4. The normalized spacial score (nSPS) is 11.2. The number of nitrogens with one attached hydrogen (secondary N) is 1. The van der Waals surface area contributed by atoms with Gasteiger partial charge in [0.1, 0.15) is 5.82 Å². The lowest BCUT2D eigenvalue weighted by Crippen LogP contribution is -1.98. The fourth-order valence-electron chi connectivity index (χ4n) is 2.11. The van der Waals surface area contributed by atoms with Crippen LogP contribution in [0, 0.1) is 18.6 Å². The second-order valence-corrected chi connectivity index (χ2v) is 4.57. The molecule has 1 N–H and O–H groups in total. The van der Waals surface area contributed by atoms with Crippen LogP contribution in [0.15, 0.2) is 18.2 Å². The van der Waals surface area contributed by atoms with Crippen LogP contribution in [0.25, 0.3) is 22.4 Å². The number of aromatic nitrogens is 4. The fourth-order valence-corrected chi connectivity index (χ4v) is 2.11. The molecule has 0 saturated carbocycles. The summed E-state index contributed by atoms with van der Waals surface area (Å²) in [6.07, 6.45) is 0.697. The van der Waals surface area contributed by atoms with Gasteiger partial charge in [0, 0.05) is 17.7 Å². The van der Waals surface area contributed by atoms with E-state index in [1.54, 1.807) is 0 Å². The van der Waals surface area contributed by atoms with Crippen molar-refractivity contribution in [2.75, 3.05) is 0 Å². The number of imidazole rings is 1. The molecule has 20 heavy (non-hydrogen) atoms. The SMILES string of the molecule is CCc1nnc(C)cc1-c1nc2cc(F)c(F)cc2[nH]1. The van der Waals surface area contributed by atoms with E-state index in [1.165, 1.54) is 0 Å². The second-order valence-electron chi connectivity index (χ2n) is 4.57. The minimum absolute atomic E-state index is 0.385. The zero-order chi connectivity index (χ0) is 14.3. The highest BCUT2D eigenvalue weighted by atomic mass is 19.2. The summed E-state index contributed by atoms with van der Waals surface area (Å²) in [6, 6.07) is 4.04. The van der Waals surface area contributed by atoms with Crippen LogP contribution >= 0.6 is 0 Å². The molecule has 0 radical (unpaired) electrons. The van der Waals surface area contributed by atoms with Crippen molar-refractivity contribution in [3.05, 3.63) is 41.2 Å². The quantitative estimate of drug-likeness (QED) is 0.781. The van der Waals surface area contributed by atoms with Crippen LogP contribution in [0.3, 0.4) is 0 Å². The standard InChI is InChI=1S/C14H12F2N4/c1-3-11-8(4-7(2)19-20-11)14-17-12-5-9(15)10(16)6-13(12)18-14/h4-6H,3H2,1-2H3,(H,17,18). The molecule has 2 aromatic heterocycles. The zero-order valence-corrected chi connectivity index (χ0v) is 11.0. The minimum atomic E-state index is -0.907. The van der Waals surface area contributed by atoms with E-state index in [0.717, 1.165) is 29.1 Å². The first-order chi connectivity index (χ1) is 9.58. The number of hydrogen-bond acceptors (Lipinski definition) is 3. The highest BCUT2D eigenvalue weighted by Gasteiger charge is 2.13. The Morgan fingerprint density at radius 2 is 1.85 bits per heavy atom. The van der Waals surface area contributed by atoms with Crippen LogP contribution in [-0.2, 0) is 6.42 Å². The van der Waals surface area contributed by atoms with E-state index in [2.05, 4.69) is 20.2 Å².